The maximum Gasteiger partial charge on any atom is 0.173 e. The Hall–Kier alpha value is -3.83. The van der Waals surface area contributed by atoms with Crippen LogP contribution in [0.25, 0.3) is 11.3 Å². The lowest BCUT2D eigenvalue weighted by molar-refractivity contribution is 0.296. The summed E-state index contributed by atoms with van der Waals surface area (Å²) in [5.74, 6) is 1.56. The minimum absolute atomic E-state index is 0.246. The second kappa shape index (κ2) is 8.04. The van der Waals surface area contributed by atoms with E-state index in [2.05, 4.69) is 26.6 Å². The lowest BCUT2D eigenvalue weighted by atomic mass is 10.1. The van der Waals surface area contributed by atoms with Gasteiger partial charge in [0, 0.05) is 12.6 Å². The molecule has 2 heterocycles. The van der Waals surface area contributed by atoms with Crippen molar-refractivity contribution in [3.63, 3.8) is 0 Å². The molecular weight excluding hydrogens is 392 g/mol. The van der Waals surface area contributed by atoms with Gasteiger partial charge in [0.1, 0.15) is 23.8 Å². The summed E-state index contributed by atoms with van der Waals surface area (Å²) >= 11 is 6.40. The maximum atomic E-state index is 8.93. The number of hydrogen-bond donors (Lipinski definition) is 1. The molecule has 0 saturated heterocycles. The van der Waals surface area contributed by atoms with Crippen LogP contribution in [0.5, 0.6) is 17.2 Å². The first-order chi connectivity index (χ1) is 14.2. The van der Waals surface area contributed by atoms with Gasteiger partial charge < -0.3 is 9.47 Å². The minimum atomic E-state index is 0.246. The van der Waals surface area contributed by atoms with Crippen molar-refractivity contribution in [2.24, 2.45) is 7.05 Å². The molecule has 1 N–H and O–H groups in total. The monoisotopic (exact) mass is 406 g/mol. The van der Waals surface area contributed by atoms with Crippen molar-refractivity contribution >= 4 is 11.6 Å². The van der Waals surface area contributed by atoms with Gasteiger partial charge in [-0.25, -0.2) is 4.68 Å². The third kappa shape index (κ3) is 3.90. The van der Waals surface area contributed by atoms with Crippen LogP contribution in [0.4, 0.5) is 0 Å². The van der Waals surface area contributed by atoms with Crippen LogP contribution in [0.3, 0.4) is 0 Å². The number of aryl methyl sites for hydroxylation is 1. The Labute approximate surface area is 171 Å². The van der Waals surface area contributed by atoms with E-state index >= 15 is 0 Å². The van der Waals surface area contributed by atoms with E-state index in [1.165, 1.54) is 0 Å². The van der Waals surface area contributed by atoms with Crippen molar-refractivity contribution in [1.82, 2.24) is 25.2 Å². The Bertz CT molecular complexity index is 1180. The average molecular weight is 407 g/mol. The highest BCUT2D eigenvalue weighted by Gasteiger charge is 2.18. The van der Waals surface area contributed by atoms with Crippen molar-refractivity contribution in [2.45, 2.75) is 6.61 Å². The van der Waals surface area contributed by atoms with E-state index in [0.717, 1.165) is 5.69 Å². The SMILES string of the molecule is Cn1nncc1COc1c(Cl)cccc1-c1n[nH]cc1Oc1ccc(C#N)cc1. The van der Waals surface area contributed by atoms with Crippen LogP contribution in [-0.4, -0.2) is 25.2 Å². The Morgan fingerprint density at radius 3 is 2.76 bits per heavy atom. The van der Waals surface area contributed by atoms with E-state index in [0.29, 0.717) is 39.1 Å². The number of benzene rings is 2. The number of nitrogens with one attached hydrogen (secondary N) is 1. The Morgan fingerprint density at radius 1 is 1.21 bits per heavy atom. The standard InChI is InChI=1S/C20H15ClN6O2/c1-27-14(10-24-26-27)12-28-20-16(3-2-4-17(20)21)19-18(11-23-25-19)29-15-7-5-13(9-22)6-8-15/h2-8,10-11H,12H2,1H3,(H,23,25). The molecule has 0 saturated carbocycles. The van der Waals surface area contributed by atoms with Crippen LogP contribution >= 0.6 is 11.6 Å². The molecule has 8 nitrogen and oxygen atoms in total. The highest BCUT2D eigenvalue weighted by molar-refractivity contribution is 6.32. The molecule has 0 aliphatic rings. The van der Waals surface area contributed by atoms with Crippen LogP contribution in [0.15, 0.2) is 54.9 Å². The fourth-order valence-corrected chi connectivity index (χ4v) is 2.93. The molecule has 29 heavy (non-hydrogen) atoms. The third-order valence-corrected chi connectivity index (χ3v) is 4.51. The zero-order valence-electron chi connectivity index (χ0n) is 15.3. The van der Waals surface area contributed by atoms with Gasteiger partial charge in [-0.1, -0.05) is 22.9 Å². The van der Waals surface area contributed by atoms with Gasteiger partial charge in [0.15, 0.2) is 5.75 Å². The zero-order valence-corrected chi connectivity index (χ0v) is 16.1. The molecule has 0 aliphatic carbocycles. The normalized spacial score (nSPS) is 10.5. The number of aromatic nitrogens is 5. The van der Waals surface area contributed by atoms with E-state index in [1.54, 1.807) is 54.5 Å². The predicted molar refractivity (Wildman–Crippen MR) is 106 cm³/mol. The van der Waals surface area contributed by atoms with Crippen molar-refractivity contribution in [3.8, 4) is 34.6 Å². The van der Waals surface area contributed by atoms with Gasteiger partial charge in [-0.3, -0.25) is 5.10 Å². The number of para-hydroxylation sites is 1. The first-order valence-corrected chi connectivity index (χ1v) is 9.00. The average Bonchev–Trinajstić information content (AvgIpc) is 3.36. The summed E-state index contributed by atoms with van der Waals surface area (Å²) in [5, 5.41) is 24.2. The molecule has 144 valence electrons. The van der Waals surface area contributed by atoms with Crippen molar-refractivity contribution < 1.29 is 9.47 Å². The maximum absolute atomic E-state index is 8.93. The molecule has 0 amide bonds. The lowest BCUT2D eigenvalue weighted by Gasteiger charge is -2.13. The summed E-state index contributed by atoms with van der Waals surface area (Å²) in [4.78, 5) is 0. The van der Waals surface area contributed by atoms with Gasteiger partial charge in [-0.05, 0) is 36.4 Å². The van der Waals surface area contributed by atoms with E-state index in [1.807, 2.05) is 12.1 Å². The van der Waals surface area contributed by atoms with Crippen molar-refractivity contribution in [2.75, 3.05) is 0 Å². The molecular formula is C20H15ClN6O2. The third-order valence-electron chi connectivity index (χ3n) is 4.21. The number of halogens is 1. The number of aromatic amines is 1. The summed E-state index contributed by atoms with van der Waals surface area (Å²) in [6.07, 6.45) is 3.27. The van der Waals surface area contributed by atoms with Crippen molar-refractivity contribution in [1.29, 1.82) is 5.26 Å². The quantitative estimate of drug-likeness (QED) is 0.517. The van der Waals surface area contributed by atoms with Gasteiger partial charge in [-0.2, -0.15) is 10.4 Å². The summed E-state index contributed by atoms with van der Waals surface area (Å²) in [6.45, 7) is 0.246. The molecule has 4 rings (SSSR count). The number of H-pyrrole nitrogens is 1. The zero-order chi connectivity index (χ0) is 20.2. The van der Waals surface area contributed by atoms with Crippen LogP contribution in [0, 0.1) is 11.3 Å². The van der Waals surface area contributed by atoms with E-state index in [4.69, 9.17) is 26.3 Å². The summed E-state index contributed by atoms with van der Waals surface area (Å²) in [7, 11) is 1.79. The second-order valence-electron chi connectivity index (χ2n) is 6.09. The predicted octanol–water partition coefficient (Wildman–Crippen LogP) is 4.10. The number of rotatable bonds is 6. The molecule has 0 spiro atoms. The van der Waals surface area contributed by atoms with Crippen molar-refractivity contribution in [3.05, 3.63) is 71.1 Å². The van der Waals surface area contributed by atoms with Gasteiger partial charge in [0.25, 0.3) is 0 Å². The molecule has 0 unspecified atom stereocenters. The Balaban J connectivity index is 1.63. The molecule has 4 aromatic rings. The molecule has 9 heteroatoms. The van der Waals surface area contributed by atoms with Gasteiger partial charge in [0.2, 0.25) is 0 Å². The molecule has 0 aliphatic heterocycles. The highest BCUT2D eigenvalue weighted by Crippen LogP contribution is 2.40. The molecule has 0 fully saturated rings. The fraction of sp³-hybridized carbons (Fsp3) is 0.100. The Morgan fingerprint density at radius 2 is 2.03 bits per heavy atom. The molecule has 2 aromatic carbocycles. The number of nitriles is 1. The number of hydrogen-bond acceptors (Lipinski definition) is 6. The van der Waals surface area contributed by atoms with Crippen LogP contribution in [0.2, 0.25) is 5.02 Å². The first-order valence-electron chi connectivity index (χ1n) is 8.62. The Kier molecular flexibility index (Phi) is 5.14. The minimum Gasteiger partial charge on any atom is -0.485 e. The van der Waals surface area contributed by atoms with E-state index < -0.39 is 0 Å². The second-order valence-corrected chi connectivity index (χ2v) is 6.50. The molecule has 0 radical (unpaired) electrons. The van der Waals surface area contributed by atoms with E-state index in [-0.39, 0.29) is 6.61 Å². The summed E-state index contributed by atoms with van der Waals surface area (Å²) in [5.41, 5.74) is 2.58. The molecule has 0 atom stereocenters. The lowest BCUT2D eigenvalue weighted by Crippen LogP contribution is -2.04. The first kappa shape index (κ1) is 18.5. The number of ether oxygens (including phenoxy) is 2. The van der Waals surface area contributed by atoms with Gasteiger partial charge >= 0.3 is 0 Å². The van der Waals surface area contributed by atoms with Gasteiger partial charge in [0.05, 0.1) is 34.7 Å². The van der Waals surface area contributed by atoms with E-state index in [9.17, 15) is 0 Å². The molecule has 2 aromatic heterocycles. The fourth-order valence-electron chi connectivity index (χ4n) is 2.70. The van der Waals surface area contributed by atoms with Gasteiger partial charge in [-0.15, -0.1) is 5.10 Å². The number of nitrogens with zero attached hydrogens (tertiary/aromatic N) is 5. The highest BCUT2D eigenvalue weighted by atomic mass is 35.5. The molecule has 0 bridgehead atoms. The summed E-state index contributed by atoms with van der Waals surface area (Å²) < 4.78 is 13.5. The summed E-state index contributed by atoms with van der Waals surface area (Å²) in [6, 6.07) is 14.3. The van der Waals surface area contributed by atoms with Crippen LogP contribution in [0.1, 0.15) is 11.3 Å². The smallest absolute Gasteiger partial charge is 0.173 e. The van der Waals surface area contributed by atoms with Crippen LogP contribution < -0.4 is 9.47 Å². The largest absolute Gasteiger partial charge is 0.485 e. The van der Waals surface area contributed by atoms with Crippen LogP contribution in [-0.2, 0) is 13.7 Å². The topological polar surface area (TPSA) is 102 Å².